The summed E-state index contributed by atoms with van der Waals surface area (Å²) >= 11 is 0. The van der Waals surface area contributed by atoms with Crippen molar-refractivity contribution in [2.75, 3.05) is 11.4 Å². The first kappa shape index (κ1) is 14.2. The van der Waals surface area contributed by atoms with Crippen LogP contribution in [0.3, 0.4) is 0 Å². The van der Waals surface area contributed by atoms with Gasteiger partial charge in [0.25, 0.3) is 0 Å². The lowest BCUT2D eigenvalue weighted by atomic mass is 9.93. The summed E-state index contributed by atoms with van der Waals surface area (Å²) in [5.41, 5.74) is 6.28. The third kappa shape index (κ3) is 3.63. The Hall–Kier alpha value is -2.24. The Kier molecular flexibility index (Phi) is 4.81. The molecule has 0 aliphatic heterocycles. The number of nitrogens with two attached hydrogens (primary N) is 1. The summed E-state index contributed by atoms with van der Waals surface area (Å²) < 4.78 is 0. The fourth-order valence-corrected chi connectivity index (χ4v) is 2.04. The van der Waals surface area contributed by atoms with Crippen molar-refractivity contribution in [1.29, 1.82) is 0 Å². The van der Waals surface area contributed by atoms with Crippen LogP contribution in [0.15, 0.2) is 35.5 Å². The molecule has 20 heavy (non-hydrogen) atoms. The van der Waals surface area contributed by atoms with Crippen LogP contribution in [0.4, 0.5) is 10.5 Å². The number of urea groups is 1. The molecule has 0 spiro atoms. The van der Waals surface area contributed by atoms with Crippen molar-refractivity contribution in [3.8, 4) is 0 Å². The first-order valence-electron chi connectivity index (χ1n) is 6.80. The van der Waals surface area contributed by atoms with E-state index in [1.54, 1.807) is 4.90 Å². The summed E-state index contributed by atoms with van der Waals surface area (Å²) in [4.78, 5) is 13.9. The van der Waals surface area contributed by atoms with Crippen molar-refractivity contribution in [2.24, 2.45) is 10.9 Å². The standard InChI is InChI=1S/C14H20N4O2/c15-13(17-20)9-10-18(12-7-2-1-3-8-12)14(19)16-11-5-4-6-11/h1-3,7-8,11,20H,4-6,9-10H2,(H2,15,17)(H,16,19). The lowest BCUT2D eigenvalue weighted by molar-refractivity contribution is 0.234. The summed E-state index contributed by atoms with van der Waals surface area (Å²) in [5, 5.41) is 14.5. The molecule has 0 atom stereocenters. The lowest BCUT2D eigenvalue weighted by Gasteiger charge is -2.30. The normalized spacial score (nSPS) is 15.5. The van der Waals surface area contributed by atoms with Gasteiger partial charge in [-0.3, -0.25) is 4.90 Å². The van der Waals surface area contributed by atoms with Crippen molar-refractivity contribution in [3.05, 3.63) is 30.3 Å². The largest absolute Gasteiger partial charge is 0.409 e. The van der Waals surface area contributed by atoms with Crippen LogP contribution < -0.4 is 16.0 Å². The number of nitrogens with one attached hydrogen (secondary N) is 1. The van der Waals surface area contributed by atoms with Crippen LogP contribution in [0.2, 0.25) is 0 Å². The first-order chi connectivity index (χ1) is 9.70. The minimum atomic E-state index is -0.133. The summed E-state index contributed by atoms with van der Waals surface area (Å²) in [5.74, 6) is 0.113. The smallest absolute Gasteiger partial charge is 0.322 e. The van der Waals surface area contributed by atoms with Gasteiger partial charge in [-0.25, -0.2) is 4.79 Å². The molecule has 4 N–H and O–H groups in total. The maximum Gasteiger partial charge on any atom is 0.322 e. The number of benzene rings is 1. The van der Waals surface area contributed by atoms with Gasteiger partial charge in [-0.15, -0.1) is 0 Å². The molecule has 1 aromatic rings. The molecule has 108 valence electrons. The number of amidine groups is 1. The second-order valence-electron chi connectivity index (χ2n) is 4.91. The molecular formula is C14H20N4O2. The molecule has 2 rings (SSSR count). The number of para-hydroxylation sites is 1. The molecule has 0 radical (unpaired) electrons. The van der Waals surface area contributed by atoms with Gasteiger partial charge in [0.2, 0.25) is 0 Å². The molecular weight excluding hydrogens is 256 g/mol. The van der Waals surface area contributed by atoms with E-state index >= 15 is 0 Å². The predicted octanol–water partition coefficient (Wildman–Crippen LogP) is 1.89. The van der Waals surface area contributed by atoms with E-state index < -0.39 is 0 Å². The maximum atomic E-state index is 12.3. The number of carbonyl (C=O) groups excluding carboxylic acids is 1. The van der Waals surface area contributed by atoms with E-state index in [-0.39, 0.29) is 17.9 Å². The molecule has 0 aromatic heterocycles. The van der Waals surface area contributed by atoms with Crippen LogP contribution in [0.5, 0.6) is 0 Å². The van der Waals surface area contributed by atoms with E-state index in [0.29, 0.717) is 13.0 Å². The quantitative estimate of drug-likeness (QED) is 0.332. The SMILES string of the molecule is N/C(CCN(C(=O)NC1CCC1)c1ccccc1)=N/O. The predicted molar refractivity (Wildman–Crippen MR) is 78.0 cm³/mol. The van der Waals surface area contributed by atoms with Crippen molar-refractivity contribution in [2.45, 2.75) is 31.7 Å². The minimum Gasteiger partial charge on any atom is -0.409 e. The highest BCUT2D eigenvalue weighted by Crippen LogP contribution is 2.20. The van der Waals surface area contributed by atoms with E-state index in [2.05, 4.69) is 10.5 Å². The summed E-state index contributed by atoms with van der Waals surface area (Å²) in [6.07, 6.45) is 3.56. The first-order valence-corrected chi connectivity index (χ1v) is 6.80. The fraction of sp³-hybridized carbons (Fsp3) is 0.429. The third-order valence-electron chi connectivity index (χ3n) is 3.47. The zero-order chi connectivity index (χ0) is 14.4. The number of rotatable bonds is 5. The minimum absolute atomic E-state index is 0.113. The zero-order valence-electron chi connectivity index (χ0n) is 11.3. The van der Waals surface area contributed by atoms with Crippen LogP contribution in [0.25, 0.3) is 0 Å². The van der Waals surface area contributed by atoms with Gasteiger partial charge in [0.15, 0.2) is 0 Å². The fourth-order valence-electron chi connectivity index (χ4n) is 2.04. The Morgan fingerprint density at radius 2 is 2.10 bits per heavy atom. The average molecular weight is 276 g/mol. The molecule has 1 aliphatic rings. The number of nitrogens with zero attached hydrogens (tertiary/aromatic N) is 2. The zero-order valence-corrected chi connectivity index (χ0v) is 11.3. The number of hydrogen-bond donors (Lipinski definition) is 3. The van der Waals surface area contributed by atoms with Crippen molar-refractivity contribution in [1.82, 2.24) is 5.32 Å². The van der Waals surface area contributed by atoms with E-state index in [1.165, 1.54) is 6.42 Å². The Bertz CT molecular complexity index is 471. The topological polar surface area (TPSA) is 91.0 Å². The van der Waals surface area contributed by atoms with Gasteiger partial charge >= 0.3 is 6.03 Å². The molecule has 6 heteroatoms. The summed E-state index contributed by atoms with van der Waals surface area (Å²) in [6, 6.07) is 9.53. The van der Waals surface area contributed by atoms with E-state index in [4.69, 9.17) is 10.9 Å². The molecule has 1 aliphatic carbocycles. The molecule has 6 nitrogen and oxygen atoms in total. The Morgan fingerprint density at radius 3 is 2.65 bits per heavy atom. The van der Waals surface area contributed by atoms with Crippen LogP contribution in [-0.2, 0) is 0 Å². The third-order valence-corrected chi connectivity index (χ3v) is 3.47. The molecule has 1 fully saturated rings. The molecule has 1 aromatic carbocycles. The Morgan fingerprint density at radius 1 is 1.40 bits per heavy atom. The number of amides is 2. The van der Waals surface area contributed by atoms with Gasteiger partial charge in [-0.1, -0.05) is 23.4 Å². The van der Waals surface area contributed by atoms with Crippen molar-refractivity contribution < 1.29 is 10.0 Å². The van der Waals surface area contributed by atoms with E-state index in [9.17, 15) is 4.79 Å². The van der Waals surface area contributed by atoms with E-state index in [1.807, 2.05) is 30.3 Å². The number of anilines is 1. The molecule has 0 heterocycles. The van der Waals surface area contributed by atoms with Crippen LogP contribution >= 0.6 is 0 Å². The monoisotopic (exact) mass is 276 g/mol. The van der Waals surface area contributed by atoms with Crippen LogP contribution in [0.1, 0.15) is 25.7 Å². The highest BCUT2D eigenvalue weighted by molar-refractivity contribution is 5.93. The van der Waals surface area contributed by atoms with Gasteiger partial charge in [0.05, 0.1) is 0 Å². The Balaban J connectivity index is 2.04. The van der Waals surface area contributed by atoms with Crippen molar-refractivity contribution >= 4 is 17.6 Å². The molecule has 0 saturated heterocycles. The second-order valence-corrected chi connectivity index (χ2v) is 4.91. The van der Waals surface area contributed by atoms with Crippen LogP contribution in [-0.4, -0.2) is 29.7 Å². The summed E-state index contributed by atoms with van der Waals surface area (Å²) in [7, 11) is 0. The van der Waals surface area contributed by atoms with Gasteiger partial charge in [0.1, 0.15) is 5.84 Å². The number of hydrogen-bond acceptors (Lipinski definition) is 3. The lowest BCUT2D eigenvalue weighted by Crippen LogP contribution is -2.48. The number of oxime groups is 1. The van der Waals surface area contributed by atoms with Gasteiger partial charge in [-0.2, -0.15) is 0 Å². The van der Waals surface area contributed by atoms with Gasteiger partial charge < -0.3 is 16.3 Å². The molecule has 0 unspecified atom stereocenters. The second kappa shape index (κ2) is 6.79. The maximum absolute atomic E-state index is 12.3. The van der Waals surface area contributed by atoms with Crippen LogP contribution in [0, 0.1) is 0 Å². The molecule has 0 bridgehead atoms. The van der Waals surface area contributed by atoms with E-state index in [0.717, 1.165) is 18.5 Å². The molecule has 2 amide bonds. The van der Waals surface area contributed by atoms with Gasteiger partial charge in [-0.05, 0) is 31.4 Å². The molecule has 1 saturated carbocycles. The number of carbonyl (C=O) groups is 1. The average Bonchev–Trinajstić information content (AvgIpc) is 2.44. The Labute approximate surface area is 118 Å². The highest BCUT2D eigenvalue weighted by Gasteiger charge is 2.23. The van der Waals surface area contributed by atoms with Gasteiger partial charge in [0, 0.05) is 24.7 Å². The van der Waals surface area contributed by atoms with Crippen molar-refractivity contribution in [3.63, 3.8) is 0 Å². The highest BCUT2D eigenvalue weighted by atomic mass is 16.4. The summed E-state index contributed by atoms with van der Waals surface area (Å²) in [6.45, 7) is 0.373.